The molecule has 2 atom stereocenters. The van der Waals surface area contributed by atoms with Gasteiger partial charge in [-0.1, -0.05) is 56.1 Å². The molecule has 2 aromatic carbocycles. The highest BCUT2D eigenvalue weighted by Crippen LogP contribution is 2.40. The minimum absolute atomic E-state index is 0.200. The molecule has 0 aliphatic carbocycles. The van der Waals surface area contributed by atoms with Gasteiger partial charge in [-0.3, -0.25) is 4.90 Å². The number of halogens is 3. The molecular weight excluding hydrogens is 497 g/mol. The van der Waals surface area contributed by atoms with Crippen molar-refractivity contribution in [2.45, 2.75) is 32.3 Å². The smallest absolute Gasteiger partial charge is 0.156 e. The highest BCUT2D eigenvalue weighted by Gasteiger charge is 2.26. The van der Waals surface area contributed by atoms with Crippen molar-refractivity contribution in [1.29, 1.82) is 0 Å². The predicted molar refractivity (Wildman–Crippen MR) is 139 cm³/mol. The molecule has 8 heteroatoms. The predicted octanol–water partition coefficient (Wildman–Crippen LogP) is 5.64. The molecule has 188 valence electrons. The van der Waals surface area contributed by atoms with Gasteiger partial charge in [-0.2, -0.15) is 0 Å². The van der Waals surface area contributed by atoms with Gasteiger partial charge >= 0.3 is 0 Å². The van der Waals surface area contributed by atoms with Crippen LogP contribution in [0.4, 0.5) is 0 Å². The number of benzene rings is 2. The Morgan fingerprint density at radius 1 is 1.00 bits per heavy atom. The number of hydrogen-bond acceptors (Lipinski definition) is 5. The van der Waals surface area contributed by atoms with E-state index >= 15 is 0 Å². The van der Waals surface area contributed by atoms with Gasteiger partial charge in [-0.15, -0.1) is 11.6 Å². The summed E-state index contributed by atoms with van der Waals surface area (Å²) in [5.41, 5.74) is 1.73. The molecule has 1 fully saturated rings. The number of aliphatic hydroxyl groups excluding tert-OH is 1. The third kappa shape index (κ3) is 7.39. The Hall–Kier alpha value is -1.21. The maximum absolute atomic E-state index is 10.3. The first-order chi connectivity index (χ1) is 16.2. The van der Waals surface area contributed by atoms with Gasteiger partial charge in [-0.05, 0) is 35.4 Å². The van der Waals surface area contributed by atoms with Crippen LogP contribution in [0.1, 0.15) is 31.9 Å². The average Bonchev–Trinajstić information content (AvgIpc) is 2.82. The van der Waals surface area contributed by atoms with Crippen LogP contribution in [0.25, 0.3) is 0 Å². The van der Waals surface area contributed by atoms with Gasteiger partial charge in [0.05, 0.1) is 29.9 Å². The summed E-state index contributed by atoms with van der Waals surface area (Å²) in [4.78, 5) is 2.19. The molecule has 1 heterocycles. The monoisotopic (exact) mass is 529 g/mol. The fourth-order valence-electron chi connectivity index (χ4n) is 3.79. The molecule has 1 aliphatic rings. The number of nitrogens with zero attached hydrogens (tertiary/aromatic N) is 1. The molecule has 0 radical (unpaired) electrons. The summed E-state index contributed by atoms with van der Waals surface area (Å²) in [5.74, 6) is 1.91. The van der Waals surface area contributed by atoms with E-state index in [1.54, 1.807) is 0 Å². The molecule has 2 aromatic rings. The molecule has 0 unspecified atom stereocenters. The number of β-amino-alcohol motifs (C(OH)–C–C–N with tert-alkyl or cyclic N) is 1. The van der Waals surface area contributed by atoms with Crippen LogP contribution in [-0.4, -0.2) is 68.1 Å². The Labute approximate surface area is 217 Å². The van der Waals surface area contributed by atoms with Crippen molar-refractivity contribution in [1.82, 2.24) is 4.90 Å². The number of morpholine rings is 1. The fraction of sp³-hybridized carbons (Fsp3) is 0.538. The molecule has 0 amide bonds. The Balaban J connectivity index is 1.62. The van der Waals surface area contributed by atoms with Crippen molar-refractivity contribution in [3.63, 3.8) is 0 Å². The van der Waals surface area contributed by atoms with Gasteiger partial charge in [-0.25, -0.2) is 0 Å². The molecule has 0 aromatic heterocycles. The van der Waals surface area contributed by atoms with Gasteiger partial charge in [0, 0.05) is 36.8 Å². The molecular formula is C26H34Cl3NO4. The Bertz CT molecular complexity index is 894. The van der Waals surface area contributed by atoms with Crippen molar-refractivity contribution < 1.29 is 19.3 Å². The quantitative estimate of drug-likeness (QED) is 0.381. The van der Waals surface area contributed by atoms with Gasteiger partial charge in [0.15, 0.2) is 5.75 Å². The lowest BCUT2D eigenvalue weighted by atomic mass is 9.78. The maximum atomic E-state index is 10.3. The van der Waals surface area contributed by atoms with E-state index in [4.69, 9.17) is 49.0 Å². The third-order valence-corrected chi connectivity index (χ3v) is 7.17. The summed E-state index contributed by atoms with van der Waals surface area (Å²) in [5, 5.41) is 11.3. The van der Waals surface area contributed by atoms with Gasteiger partial charge in [0.2, 0.25) is 0 Å². The van der Waals surface area contributed by atoms with Gasteiger partial charge < -0.3 is 19.3 Å². The summed E-state index contributed by atoms with van der Waals surface area (Å²) >= 11 is 18.9. The fourth-order valence-corrected chi connectivity index (χ4v) is 4.48. The summed E-state index contributed by atoms with van der Waals surface area (Å²) < 4.78 is 17.0. The summed E-state index contributed by atoms with van der Waals surface area (Å²) in [6, 6.07) is 11.7. The highest BCUT2D eigenvalue weighted by atomic mass is 35.5. The van der Waals surface area contributed by atoms with Crippen molar-refractivity contribution >= 4 is 34.8 Å². The molecule has 0 saturated carbocycles. The Morgan fingerprint density at radius 3 is 2.21 bits per heavy atom. The van der Waals surface area contributed by atoms with E-state index in [-0.39, 0.29) is 17.9 Å². The SMILES string of the molecule is C[C@H](CCl)COc1c(Cl)cc(C(C)(C)c2ccc(OC[C@H](O)CN3CCOCC3)cc2)cc1Cl. The first kappa shape index (κ1) is 27.4. The number of aliphatic hydroxyl groups is 1. The minimum Gasteiger partial charge on any atom is -0.491 e. The van der Waals surface area contributed by atoms with E-state index in [2.05, 4.69) is 18.7 Å². The minimum atomic E-state index is -0.549. The zero-order valence-corrected chi connectivity index (χ0v) is 22.3. The second-order valence-corrected chi connectivity index (χ2v) is 10.5. The molecule has 0 bridgehead atoms. The van der Waals surface area contributed by atoms with Crippen LogP contribution in [0.15, 0.2) is 36.4 Å². The lowest BCUT2D eigenvalue weighted by Crippen LogP contribution is -2.42. The Kier molecular flexibility index (Phi) is 10.2. The van der Waals surface area contributed by atoms with E-state index < -0.39 is 6.10 Å². The van der Waals surface area contributed by atoms with E-state index in [1.807, 2.05) is 43.3 Å². The molecule has 34 heavy (non-hydrogen) atoms. The zero-order valence-electron chi connectivity index (χ0n) is 20.0. The van der Waals surface area contributed by atoms with E-state index in [9.17, 15) is 5.11 Å². The van der Waals surface area contributed by atoms with Crippen molar-refractivity contribution in [2.75, 3.05) is 51.9 Å². The highest BCUT2D eigenvalue weighted by molar-refractivity contribution is 6.37. The lowest BCUT2D eigenvalue weighted by Gasteiger charge is -2.28. The van der Waals surface area contributed by atoms with Crippen molar-refractivity contribution in [3.05, 3.63) is 57.6 Å². The first-order valence-corrected chi connectivity index (χ1v) is 12.9. The molecule has 1 saturated heterocycles. The normalized spacial score (nSPS) is 16.8. The molecule has 1 aliphatic heterocycles. The van der Waals surface area contributed by atoms with Crippen LogP contribution in [-0.2, 0) is 10.2 Å². The molecule has 3 rings (SSSR count). The number of alkyl halides is 1. The van der Waals surface area contributed by atoms with Crippen LogP contribution < -0.4 is 9.47 Å². The van der Waals surface area contributed by atoms with Gasteiger partial charge in [0.25, 0.3) is 0 Å². The van der Waals surface area contributed by atoms with Crippen molar-refractivity contribution in [2.24, 2.45) is 5.92 Å². The third-order valence-electron chi connectivity index (χ3n) is 6.09. The summed E-state index contributed by atoms with van der Waals surface area (Å²) in [6.07, 6.45) is -0.549. The first-order valence-electron chi connectivity index (χ1n) is 11.6. The number of ether oxygens (including phenoxy) is 3. The van der Waals surface area contributed by atoms with Crippen molar-refractivity contribution in [3.8, 4) is 11.5 Å². The van der Waals surface area contributed by atoms with E-state index in [0.717, 1.165) is 24.2 Å². The largest absolute Gasteiger partial charge is 0.491 e. The van der Waals surface area contributed by atoms with Crippen LogP contribution in [0, 0.1) is 5.92 Å². The number of hydrogen-bond donors (Lipinski definition) is 1. The average molecular weight is 531 g/mol. The van der Waals surface area contributed by atoms with E-state index in [0.29, 0.717) is 53.8 Å². The van der Waals surface area contributed by atoms with E-state index in [1.165, 1.54) is 0 Å². The van der Waals surface area contributed by atoms with Crippen LogP contribution in [0.5, 0.6) is 11.5 Å². The molecule has 0 spiro atoms. The summed E-state index contributed by atoms with van der Waals surface area (Å²) in [7, 11) is 0. The molecule has 5 nitrogen and oxygen atoms in total. The number of rotatable bonds is 11. The van der Waals surface area contributed by atoms with Gasteiger partial charge in [0.1, 0.15) is 18.5 Å². The topological polar surface area (TPSA) is 51.2 Å². The summed E-state index contributed by atoms with van der Waals surface area (Å²) in [6.45, 7) is 10.6. The van der Waals surface area contributed by atoms with Crippen LogP contribution in [0.3, 0.4) is 0 Å². The maximum Gasteiger partial charge on any atom is 0.156 e. The standard InChI is InChI=1S/C26H34Cl3NO4/c1-18(14-27)16-34-25-23(28)12-20(13-24(25)29)26(2,3)19-4-6-22(7-5-19)33-17-21(31)15-30-8-10-32-11-9-30/h4-7,12-13,18,21,31H,8-11,14-17H2,1-3H3/t18-,21-/m1/s1. The van der Waals surface area contributed by atoms with Crippen LogP contribution in [0.2, 0.25) is 10.0 Å². The second-order valence-electron chi connectivity index (χ2n) is 9.37. The Morgan fingerprint density at radius 2 is 1.62 bits per heavy atom. The lowest BCUT2D eigenvalue weighted by molar-refractivity contribution is 0.00465. The van der Waals surface area contributed by atoms with Crippen LogP contribution >= 0.6 is 34.8 Å². The zero-order chi connectivity index (χ0) is 24.7. The molecule has 1 N–H and O–H groups in total. The second kappa shape index (κ2) is 12.7.